The molecule has 0 aliphatic rings. The molecule has 2 aromatic heterocycles. The van der Waals surface area contributed by atoms with Crippen LogP contribution in [0, 0.1) is 27.7 Å². The summed E-state index contributed by atoms with van der Waals surface area (Å²) in [6.45, 7) is 8.95. The maximum absolute atomic E-state index is 6.72. The lowest BCUT2D eigenvalue weighted by Gasteiger charge is -2.32. The fraction of sp³-hybridized carbons (Fsp3) is 0.0556. The molecule has 0 bridgehead atoms. The van der Waals surface area contributed by atoms with Crippen LogP contribution in [0.5, 0.6) is 0 Å². The summed E-state index contributed by atoms with van der Waals surface area (Å²) in [6, 6.07) is 87.6. The van der Waals surface area contributed by atoms with Gasteiger partial charge in [0.05, 0.1) is 22.7 Å². The zero-order chi connectivity index (χ0) is 51.0. The van der Waals surface area contributed by atoms with Gasteiger partial charge >= 0.3 is 0 Å². The summed E-state index contributed by atoms with van der Waals surface area (Å²) in [7, 11) is 0. The number of hydrogen-bond acceptors (Lipinski definition) is 4. The van der Waals surface area contributed by atoms with Crippen LogP contribution in [0.1, 0.15) is 22.3 Å². The molecule has 0 atom stereocenters. The van der Waals surface area contributed by atoms with Gasteiger partial charge in [-0.3, -0.25) is 0 Å². The molecule has 14 aromatic rings. The Morgan fingerprint density at radius 3 is 1.07 bits per heavy atom. The maximum Gasteiger partial charge on any atom is 0.143 e. The lowest BCUT2D eigenvalue weighted by Crippen LogP contribution is -2.15. The Labute approximate surface area is 441 Å². The summed E-state index contributed by atoms with van der Waals surface area (Å²) >= 11 is 0. The van der Waals surface area contributed by atoms with Crippen molar-refractivity contribution >= 4 is 99.5 Å². The normalized spacial score (nSPS) is 11.7. The van der Waals surface area contributed by atoms with E-state index < -0.39 is 0 Å². The van der Waals surface area contributed by atoms with E-state index in [1.165, 1.54) is 21.5 Å². The number of para-hydroxylation sites is 6. The van der Waals surface area contributed by atoms with E-state index >= 15 is 0 Å². The summed E-state index contributed by atoms with van der Waals surface area (Å²) in [6.07, 6.45) is 0. The molecule has 0 unspecified atom stereocenters. The molecule has 12 aromatic carbocycles. The largest absolute Gasteiger partial charge is 0.455 e. The molecular formula is C72H52N2O2. The highest BCUT2D eigenvalue weighted by molar-refractivity contribution is 6.13. The lowest BCUT2D eigenvalue weighted by atomic mass is 9.94. The highest BCUT2D eigenvalue weighted by Crippen LogP contribution is 2.51. The minimum Gasteiger partial charge on any atom is -0.455 e. The third-order valence-corrected chi connectivity index (χ3v) is 15.5. The average molecular weight is 977 g/mol. The van der Waals surface area contributed by atoms with E-state index in [0.717, 1.165) is 134 Å². The molecule has 76 heavy (non-hydrogen) atoms. The maximum atomic E-state index is 6.72. The van der Waals surface area contributed by atoms with Crippen molar-refractivity contribution in [2.24, 2.45) is 0 Å². The monoisotopic (exact) mass is 976 g/mol. The number of fused-ring (bicyclic) bond motifs is 8. The predicted molar refractivity (Wildman–Crippen MR) is 321 cm³/mol. The van der Waals surface area contributed by atoms with Crippen molar-refractivity contribution in [3.8, 4) is 33.4 Å². The van der Waals surface area contributed by atoms with Crippen molar-refractivity contribution < 1.29 is 8.83 Å². The van der Waals surface area contributed by atoms with Gasteiger partial charge < -0.3 is 18.6 Å². The molecule has 0 saturated carbocycles. The Balaban J connectivity index is 0.923. The number of benzene rings is 12. The molecule has 0 aliphatic carbocycles. The van der Waals surface area contributed by atoms with E-state index in [-0.39, 0.29) is 0 Å². The molecule has 4 heteroatoms. The van der Waals surface area contributed by atoms with E-state index in [9.17, 15) is 0 Å². The van der Waals surface area contributed by atoms with Gasteiger partial charge in [0, 0.05) is 65.9 Å². The number of rotatable bonds is 9. The highest BCUT2D eigenvalue weighted by Gasteiger charge is 2.27. The molecule has 0 aliphatic heterocycles. The molecule has 14 rings (SSSR count). The van der Waals surface area contributed by atoms with E-state index in [1.54, 1.807) is 0 Å². The Bertz CT molecular complexity index is 4310. The first-order valence-corrected chi connectivity index (χ1v) is 26.2. The standard InChI is InChI=1S/C72H52N2O2/c1-45-19-13-29-57(61-33-17-31-59-55-27-9-11-37-67(55)75-71(59)61)69(45)73(65-35-15-23-49-21-5-7-25-53(49)65)63-41-39-51(43-47(63)3)52-40-42-64(48(4)44-52)74(66-36-16-24-50-22-6-8-26-54(50)66)70-46(2)20-14-30-58(70)62-34-18-32-60-56-28-10-12-38-68(56)76-72(60)62/h5-44H,1-4H3. The fourth-order valence-electron chi connectivity index (χ4n) is 12.0. The number of nitrogens with zero attached hydrogens (tertiary/aromatic N) is 2. The minimum absolute atomic E-state index is 0.887. The second-order valence-electron chi connectivity index (χ2n) is 20.2. The Morgan fingerprint density at radius 2 is 0.618 bits per heavy atom. The average Bonchev–Trinajstić information content (AvgIpc) is 4.11. The molecule has 2 heterocycles. The Kier molecular flexibility index (Phi) is 10.7. The third-order valence-electron chi connectivity index (χ3n) is 15.5. The second-order valence-corrected chi connectivity index (χ2v) is 20.2. The molecule has 0 N–H and O–H groups in total. The van der Waals surface area contributed by atoms with Gasteiger partial charge in [-0.2, -0.15) is 0 Å². The van der Waals surface area contributed by atoms with Crippen molar-refractivity contribution in [1.82, 2.24) is 0 Å². The quantitative estimate of drug-likeness (QED) is 0.144. The molecule has 362 valence electrons. The first-order chi connectivity index (χ1) is 37.4. The van der Waals surface area contributed by atoms with Gasteiger partial charge in [0.25, 0.3) is 0 Å². The zero-order valence-electron chi connectivity index (χ0n) is 42.8. The molecule has 0 amide bonds. The molecular weight excluding hydrogens is 925 g/mol. The molecule has 0 radical (unpaired) electrons. The van der Waals surface area contributed by atoms with E-state index in [4.69, 9.17) is 8.83 Å². The minimum atomic E-state index is 0.887. The molecule has 4 nitrogen and oxygen atoms in total. The van der Waals surface area contributed by atoms with E-state index in [2.05, 4.69) is 268 Å². The Morgan fingerprint density at radius 1 is 0.263 bits per heavy atom. The van der Waals surface area contributed by atoms with Gasteiger partial charge in [-0.1, -0.05) is 194 Å². The molecule has 0 spiro atoms. The van der Waals surface area contributed by atoms with Crippen LogP contribution in [-0.2, 0) is 0 Å². The molecule has 0 fully saturated rings. The predicted octanol–water partition coefficient (Wildman–Crippen LogP) is 21.0. The van der Waals surface area contributed by atoms with Crippen molar-refractivity contribution in [2.45, 2.75) is 27.7 Å². The van der Waals surface area contributed by atoms with Crippen LogP contribution in [-0.4, -0.2) is 0 Å². The number of furan rings is 2. The van der Waals surface area contributed by atoms with Gasteiger partial charge in [0.15, 0.2) is 0 Å². The first-order valence-electron chi connectivity index (χ1n) is 26.2. The van der Waals surface area contributed by atoms with Crippen molar-refractivity contribution in [1.29, 1.82) is 0 Å². The summed E-state index contributed by atoms with van der Waals surface area (Å²) in [4.78, 5) is 4.96. The van der Waals surface area contributed by atoms with Gasteiger partial charge in [0.2, 0.25) is 0 Å². The van der Waals surface area contributed by atoms with Gasteiger partial charge in [-0.25, -0.2) is 0 Å². The topological polar surface area (TPSA) is 32.8 Å². The smallest absolute Gasteiger partial charge is 0.143 e. The van der Waals surface area contributed by atoms with Crippen LogP contribution in [0.2, 0.25) is 0 Å². The highest BCUT2D eigenvalue weighted by atomic mass is 16.3. The summed E-state index contributed by atoms with van der Waals surface area (Å²) in [5, 5.41) is 9.19. The van der Waals surface area contributed by atoms with Crippen LogP contribution < -0.4 is 9.80 Å². The SMILES string of the molecule is Cc1cc(-c2ccc(N(c3c(C)cccc3-c3cccc4c3oc3ccccc34)c3cccc4ccccc34)c(C)c2)ccc1N(c1c(C)cccc1-c1cccc2c1oc1ccccc12)c1cccc2ccccc12. The van der Waals surface area contributed by atoms with Crippen molar-refractivity contribution in [2.75, 3.05) is 9.80 Å². The Hall–Kier alpha value is -9.64. The summed E-state index contributed by atoms with van der Waals surface area (Å²) in [5.74, 6) is 0. The van der Waals surface area contributed by atoms with E-state index in [1.807, 2.05) is 12.1 Å². The van der Waals surface area contributed by atoms with E-state index in [0.29, 0.717) is 0 Å². The van der Waals surface area contributed by atoms with Crippen LogP contribution in [0.4, 0.5) is 34.1 Å². The summed E-state index contributed by atoms with van der Waals surface area (Å²) < 4.78 is 13.4. The zero-order valence-corrected chi connectivity index (χ0v) is 42.8. The third kappa shape index (κ3) is 7.28. The van der Waals surface area contributed by atoms with Crippen LogP contribution >= 0.6 is 0 Å². The van der Waals surface area contributed by atoms with Crippen LogP contribution in [0.15, 0.2) is 251 Å². The van der Waals surface area contributed by atoms with Gasteiger partial charge in [-0.15, -0.1) is 0 Å². The number of aryl methyl sites for hydroxylation is 4. The van der Waals surface area contributed by atoms with Crippen LogP contribution in [0.25, 0.3) is 98.8 Å². The van der Waals surface area contributed by atoms with Crippen LogP contribution in [0.3, 0.4) is 0 Å². The lowest BCUT2D eigenvalue weighted by molar-refractivity contribution is 0.669. The van der Waals surface area contributed by atoms with Gasteiger partial charge in [0.1, 0.15) is 22.3 Å². The van der Waals surface area contributed by atoms with Gasteiger partial charge in [-0.05, 0) is 120 Å². The second kappa shape index (κ2) is 18.1. The van der Waals surface area contributed by atoms with Crippen molar-refractivity contribution in [3.05, 3.63) is 265 Å². The first kappa shape index (κ1) is 45.0. The summed E-state index contributed by atoms with van der Waals surface area (Å²) in [5.41, 5.74) is 21.5. The fourth-order valence-corrected chi connectivity index (χ4v) is 12.0. The number of anilines is 6. The molecule has 0 saturated heterocycles. The van der Waals surface area contributed by atoms with Crippen molar-refractivity contribution in [3.63, 3.8) is 0 Å². The number of hydrogen-bond donors (Lipinski definition) is 0.